The molecular formula is C9H12ClN. The van der Waals surface area contributed by atoms with Crippen molar-refractivity contribution < 1.29 is 0 Å². The van der Waals surface area contributed by atoms with Gasteiger partial charge in [0.1, 0.15) is 0 Å². The summed E-state index contributed by atoms with van der Waals surface area (Å²) in [6, 6.07) is 4.16. The smallest absolute Gasteiger partial charge is 0.0576 e. The summed E-state index contributed by atoms with van der Waals surface area (Å²) in [4.78, 5) is 0. The first-order valence-corrected chi connectivity index (χ1v) is 3.95. The average Bonchev–Trinajstić information content (AvgIpc) is 2.18. The highest BCUT2D eigenvalue weighted by Gasteiger charge is 1.99. The molecule has 0 unspecified atom stereocenters. The maximum absolute atomic E-state index is 5.70. The molecule has 1 aromatic heterocycles. The van der Waals surface area contributed by atoms with Crippen LogP contribution in [0.1, 0.15) is 11.4 Å². The van der Waals surface area contributed by atoms with E-state index in [2.05, 4.69) is 37.1 Å². The van der Waals surface area contributed by atoms with Crippen LogP contribution < -0.4 is 0 Å². The second-order valence-corrected chi connectivity index (χ2v) is 3.25. The summed E-state index contributed by atoms with van der Waals surface area (Å²) in [5.74, 6) is 0. The SMILES string of the molecule is C=C(Cl)Cn1c(C)ccc1C. The zero-order valence-electron chi connectivity index (χ0n) is 6.89. The molecule has 0 radical (unpaired) electrons. The van der Waals surface area contributed by atoms with Gasteiger partial charge in [0.25, 0.3) is 0 Å². The summed E-state index contributed by atoms with van der Waals surface area (Å²) in [5.41, 5.74) is 2.45. The quantitative estimate of drug-likeness (QED) is 0.642. The van der Waals surface area contributed by atoms with Gasteiger partial charge in [0.05, 0.1) is 6.54 Å². The highest BCUT2D eigenvalue weighted by Crippen LogP contribution is 2.10. The highest BCUT2D eigenvalue weighted by atomic mass is 35.5. The van der Waals surface area contributed by atoms with Gasteiger partial charge in [-0.2, -0.15) is 0 Å². The predicted molar refractivity (Wildman–Crippen MR) is 48.9 cm³/mol. The third-order valence-corrected chi connectivity index (χ3v) is 1.87. The predicted octanol–water partition coefficient (Wildman–Crippen LogP) is 2.86. The molecule has 0 fully saturated rings. The molecule has 0 bridgehead atoms. The van der Waals surface area contributed by atoms with Gasteiger partial charge in [-0.05, 0) is 26.0 Å². The molecule has 0 N–H and O–H groups in total. The molecule has 0 aromatic carbocycles. The summed E-state index contributed by atoms with van der Waals surface area (Å²) < 4.78 is 2.13. The Morgan fingerprint density at radius 1 is 1.45 bits per heavy atom. The number of allylic oxidation sites excluding steroid dienone is 1. The second-order valence-electron chi connectivity index (χ2n) is 2.72. The number of hydrogen-bond acceptors (Lipinski definition) is 0. The largest absolute Gasteiger partial charge is 0.344 e. The molecule has 1 aromatic rings. The van der Waals surface area contributed by atoms with E-state index < -0.39 is 0 Å². The van der Waals surface area contributed by atoms with E-state index in [1.807, 2.05) is 0 Å². The third kappa shape index (κ3) is 1.87. The topological polar surface area (TPSA) is 4.93 Å². The summed E-state index contributed by atoms with van der Waals surface area (Å²) >= 11 is 5.70. The Morgan fingerprint density at radius 2 is 1.91 bits per heavy atom. The molecule has 2 heteroatoms. The second kappa shape index (κ2) is 3.14. The Kier molecular flexibility index (Phi) is 2.40. The minimum Gasteiger partial charge on any atom is -0.344 e. The summed E-state index contributed by atoms with van der Waals surface area (Å²) in [6.45, 7) is 8.50. The highest BCUT2D eigenvalue weighted by molar-refractivity contribution is 6.29. The van der Waals surface area contributed by atoms with Crippen LogP contribution in [0.3, 0.4) is 0 Å². The van der Waals surface area contributed by atoms with Gasteiger partial charge in [0.15, 0.2) is 0 Å². The number of hydrogen-bond donors (Lipinski definition) is 0. The molecule has 11 heavy (non-hydrogen) atoms. The molecule has 0 spiro atoms. The van der Waals surface area contributed by atoms with Crippen LogP contribution in [0.4, 0.5) is 0 Å². The lowest BCUT2D eigenvalue weighted by molar-refractivity contribution is 0.760. The number of rotatable bonds is 2. The van der Waals surface area contributed by atoms with Crippen LogP contribution in [-0.4, -0.2) is 4.57 Å². The molecule has 0 aliphatic heterocycles. The molecule has 0 atom stereocenters. The molecule has 1 nitrogen and oxygen atoms in total. The van der Waals surface area contributed by atoms with E-state index in [9.17, 15) is 0 Å². The molecule has 1 rings (SSSR count). The monoisotopic (exact) mass is 169 g/mol. The minimum absolute atomic E-state index is 0.674. The fourth-order valence-electron chi connectivity index (χ4n) is 1.12. The first-order valence-electron chi connectivity index (χ1n) is 3.57. The minimum atomic E-state index is 0.674. The van der Waals surface area contributed by atoms with Crippen molar-refractivity contribution in [3.8, 4) is 0 Å². The standard InChI is InChI=1S/C9H12ClN/c1-7(10)6-11-8(2)4-5-9(11)3/h4-5H,1,6H2,2-3H3. The number of nitrogens with zero attached hydrogens (tertiary/aromatic N) is 1. The van der Waals surface area contributed by atoms with Gasteiger partial charge < -0.3 is 4.57 Å². The Hall–Kier alpha value is -0.690. The van der Waals surface area contributed by atoms with Gasteiger partial charge in [-0.1, -0.05) is 18.2 Å². The third-order valence-electron chi connectivity index (χ3n) is 1.75. The van der Waals surface area contributed by atoms with Gasteiger partial charge in [0.2, 0.25) is 0 Å². The van der Waals surface area contributed by atoms with Crippen LogP contribution in [0.2, 0.25) is 0 Å². The van der Waals surface area contributed by atoms with Crippen LogP contribution in [0.25, 0.3) is 0 Å². The van der Waals surface area contributed by atoms with Crippen molar-refractivity contribution in [3.05, 3.63) is 35.1 Å². The Bertz CT molecular complexity index is 254. The van der Waals surface area contributed by atoms with E-state index in [0.29, 0.717) is 11.6 Å². The van der Waals surface area contributed by atoms with Crippen molar-refractivity contribution in [1.29, 1.82) is 0 Å². The van der Waals surface area contributed by atoms with E-state index in [0.717, 1.165) is 0 Å². The van der Waals surface area contributed by atoms with Crippen molar-refractivity contribution in [2.75, 3.05) is 0 Å². The van der Waals surface area contributed by atoms with Gasteiger partial charge >= 0.3 is 0 Å². The van der Waals surface area contributed by atoms with Crippen LogP contribution in [0.5, 0.6) is 0 Å². The van der Waals surface area contributed by atoms with Gasteiger partial charge in [0, 0.05) is 16.4 Å². The van der Waals surface area contributed by atoms with E-state index in [-0.39, 0.29) is 0 Å². The Labute approximate surface area is 72.3 Å². The molecule has 60 valence electrons. The molecule has 0 saturated heterocycles. The fourth-order valence-corrected chi connectivity index (χ4v) is 1.24. The zero-order chi connectivity index (χ0) is 8.43. The van der Waals surface area contributed by atoms with Crippen LogP contribution >= 0.6 is 11.6 Å². The molecule has 0 aliphatic rings. The van der Waals surface area contributed by atoms with Crippen molar-refractivity contribution in [1.82, 2.24) is 4.57 Å². The molecule has 0 aliphatic carbocycles. The lowest BCUT2D eigenvalue weighted by Crippen LogP contribution is -2.01. The van der Waals surface area contributed by atoms with Crippen molar-refractivity contribution in [2.45, 2.75) is 20.4 Å². The summed E-state index contributed by atoms with van der Waals surface area (Å²) in [7, 11) is 0. The maximum atomic E-state index is 5.70. The van der Waals surface area contributed by atoms with Gasteiger partial charge in [-0.25, -0.2) is 0 Å². The van der Waals surface area contributed by atoms with Crippen LogP contribution in [-0.2, 0) is 6.54 Å². The Balaban J connectivity index is 2.92. The lowest BCUT2D eigenvalue weighted by atomic mass is 10.5. The zero-order valence-corrected chi connectivity index (χ0v) is 7.65. The van der Waals surface area contributed by atoms with Gasteiger partial charge in [-0.15, -0.1) is 0 Å². The number of halogens is 1. The molecule has 0 amide bonds. The van der Waals surface area contributed by atoms with E-state index in [1.165, 1.54) is 11.4 Å². The van der Waals surface area contributed by atoms with Crippen LogP contribution in [0.15, 0.2) is 23.7 Å². The molecular weight excluding hydrogens is 158 g/mol. The van der Waals surface area contributed by atoms with E-state index >= 15 is 0 Å². The maximum Gasteiger partial charge on any atom is 0.0576 e. The summed E-state index contributed by atoms with van der Waals surface area (Å²) in [6.07, 6.45) is 0. The lowest BCUT2D eigenvalue weighted by Gasteiger charge is -2.06. The van der Waals surface area contributed by atoms with Crippen molar-refractivity contribution in [3.63, 3.8) is 0 Å². The van der Waals surface area contributed by atoms with E-state index in [1.54, 1.807) is 0 Å². The van der Waals surface area contributed by atoms with Crippen molar-refractivity contribution >= 4 is 11.6 Å². The Morgan fingerprint density at radius 3 is 2.27 bits per heavy atom. The molecule has 0 saturated carbocycles. The first-order chi connectivity index (χ1) is 5.11. The first kappa shape index (κ1) is 8.41. The van der Waals surface area contributed by atoms with Crippen LogP contribution in [0, 0.1) is 13.8 Å². The number of aryl methyl sites for hydroxylation is 2. The normalized spacial score (nSPS) is 10.1. The van der Waals surface area contributed by atoms with Gasteiger partial charge in [-0.3, -0.25) is 0 Å². The molecule has 1 heterocycles. The summed E-state index contributed by atoms with van der Waals surface area (Å²) in [5, 5.41) is 0.674. The van der Waals surface area contributed by atoms with E-state index in [4.69, 9.17) is 11.6 Å². The average molecular weight is 170 g/mol. The van der Waals surface area contributed by atoms with Crippen molar-refractivity contribution in [2.24, 2.45) is 0 Å². The number of aromatic nitrogens is 1. The fraction of sp³-hybridized carbons (Fsp3) is 0.333.